The van der Waals surface area contributed by atoms with Crippen LogP contribution in [0.3, 0.4) is 0 Å². The third kappa shape index (κ3) is 3.82. The largest absolute Gasteiger partial charge is 0.482 e. The molecule has 126 valence electrons. The number of hydrogen-bond donors (Lipinski definition) is 2. The second-order valence-electron chi connectivity index (χ2n) is 6.04. The van der Waals surface area contributed by atoms with Crippen molar-refractivity contribution >= 4 is 16.2 Å². The molecule has 1 aliphatic carbocycles. The summed E-state index contributed by atoms with van der Waals surface area (Å²) in [6.07, 6.45) is 2.57. The zero-order valence-electron chi connectivity index (χ0n) is 12.6. The van der Waals surface area contributed by atoms with Gasteiger partial charge in [-0.2, -0.15) is 12.7 Å². The SMILES string of the molecule is O=C(O)COc1ccc(CCNS(=O)(=O)N2CC3CC2C3)cc1. The molecule has 4 rings (SSSR count). The molecule has 2 N–H and O–H groups in total. The first-order valence-corrected chi connectivity index (χ1v) is 9.08. The number of rotatable bonds is 8. The Morgan fingerprint density at radius 3 is 2.57 bits per heavy atom. The summed E-state index contributed by atoms with van der Waals surface area (Å²) in [4.78, 5) is 10.4. The number of carboxylic acids is 1. The molecular formula is C15H20N2O5S. The Labute approximate surface area is 135 Å². The minimum atomic E-state index is -3.37. The molecule has 2 aliphatic heterocycles. The highest BCUT2D eigenvalue weighted by atomic mass is 32.2. The second-order valence-corrected chi connectivity index (χ2v) is 7.74. The van der Waals surface area contributed by atoms with E-state index in [4.69, 9.17) is 9.84 Å². The topological polar surface area (TPSA) is 95.9 Å². The van der Waals surface area contributed by atoms with Crippen molar-refractivity contribution in [2.45, 2.75) is 25.3 Å². The van der Waals surface area contributed by atoms with Crippen molar-refractivity contribution in [1.82, 2.24) is 9.03 Å². The molecule has 7 nitrogen and oxygen atoms in total. The van der Waals surface area contributed by atoms with Gasteiger partial charge in [-0.15, -0.1) is 0 Å². The van der Waals surface area contributed by atoms with Gasteiger partial charge in [-0.3, -0.25) is 0 Å². The van der Waals surface area contributed by atoms with E-state index in [-0.39, 0.29) is 12.6 Å². The molecule has 0 spiro atoms. The molecule has 23 heavy (non-hydrogen) atoms. The summed E-state index contributed by atoms with van der Waals surface area (Å²) in [5.74, 6) is 0.00629. The Morgan fingerprint density at radius 2 is 2.00 bits per heavy atom. The molecule has 0 atom stereocenters. The number of hydrogen-bond acceptors (Lipinski definition) is 4. The van der Waals surface area contributed by atoms with Crippen molar-refractivity contribution < 1.29 is 23.1 Å². The minimum Gasteiger partial charge on any atom is -0.482 e. The number of nitrogens with one attached hydrogen (secondary N) is 1. The third-order valence-electron chi connectivity index (χ3n) is 4.35. The van der Waals surface area contributed by atoms with E-state index in [1.807, 2.05) is 0 Å². The van der Waals surface area contributed by atoms with Crippen LogP contribution in [0.15, 0.2) is 24.3 Å². The average Bonchev–Trinajstić information content (AvgIpc) is 3.07. The maximum Gasteiger partial charge on any atom is 0.341 e. The van der Waals surface area contributed by atoms with Crippen molar-refractivity contribution in [2.24, 2.45) is 5.92 Å². The lowest BCUT2D eigenvalue weighted by Gasteiger charge is -2.25. The molecule has 2 saturated heterocycles. The number of benzene rings is 1. The van der Waals surface area contributed by atoms with Crippen LogP contribution in [-0.2, 0) is 21.4 Å². The van der Waals surface area contributed by atoms with Crippen molar-refractivity contribution in [3.63, 3.8) is 0 Å². The van der Waals surface area contributed by atoms with E-state index >= 15 is 0 Å². The molecule has 2 heterocycles. The molecule has 2 bridgehead atoms. The molecule has 0 aromatic heterocycles. The summed E-state index contributed by atoms with van der Waals surface area (Å²) >= 11 is 0. The molecule has 3 aliphatic rings. The molecule has 0 unspecified atom stereocenters. The van der Waals surface area contributed by atoms with Gasteiger partial charge in [0.05, 0.1) is 0 Å². The first kappa shape index (κ1) is 16.2. The van der Waals surface area contributed by atoms with Gasteiger partial charge in [-0.1, -0.05) is 12.1 Å². The van der Waals surface area contributed by atoms with E-state index in [0.29, 0.717) is 31.2 Å². The van der Waals surface area contributed by atoms with E-state index < -0.39 is 16.2 Å². The lowest BCUT2D eigenvalue weighted by atomic mass is 9.87. The Balaban J connectivity index is 1.46. The molecule has 1 aromatic carbocycles. The van der Waals surface area contributed by atoms with Gasteiger partial charge < -0.3 is 9.84 Å². The summed E-state index contributed by atoms with van der Waals surface area (Å²) in [7, 11) is -3.37. The lowest BCUT2D eigenvalue weighted by molar-refractivity contribution is -0.139. The number of ether oxygens (including phenoxy) is 1. The monoisotopic (exact) mass is 340 g/mol. The smallest absolute Gasteiger partial charge is 0.341 e. The Hall–Kier alpha value is -1.64. The van der Waals surface area contributed by atoms with Gasteiger partial charge in [-0.25, -0.2) is 9.52 Å². The zero-order chi connectivity index (χ0) is 16.4. The summed E-state index contributed by atoms with van der Waals surface area (Å²) < 4.78 is 33.7. The van der Waals surface area contributed by atoms with Crippen LogP contribution >= 0.6 is 0 Å². The normalized spacial score (nSPS) is 23.5. The highest BCUT2D eigenvalue weighted by Crippen LogP contribution is 2.41. The Morgan fingerprint density at radius 1 is 1.30 bits per heavy atom. The van der Waals surface area contributed by atoms with Crippen LogP contribution in [0.25, 0.3) is 0 Å². The van der Waals surface area contributed by atoms with Crippen LogP contribution in [0.2, 0.25) is 0 Å². The third-order valence-corrected chi connectivity index (χ3v) is 5.98. The lowest BCUT2D eigenvalue weighted by Crippen LogP contribution is -2.42. The predicted molar refractivity (Wildman–Crippen MR) is 83.4 cm³/mol. The van der Waals surface area contributed by atoms with Crippen LogP contribution in [0.5, 0.6) is 5.75 Å². The quantitative estimate of drug-likeness (QED) is 0.723. The van der Waals surface area contributed by atoms with Crippen LogP contribution in [-0.4, -0.2) is 49.5 Å². The van der Waals surface area contributed by atoms with Gasteiger partial charge in [0.25, 0.3) is 10.2 Å². The van der Waals surface area contributed by atoms with Gasteiger partial charge in [0.15, 0.2) is 6.61 Å². The molecule has 1 aromatic rings. The number of aliphatic carboxylic acids is 1. The van der Waals surface area contributed by atoms with Crippen LogP contribution in [0.1, 0.15) is 18.4 Å². The molecule has 8 heteroatoms. The van der Waals surface area contributed by atoms with E-state index in [9.17, 15) is 13.2 Å². The summed E-state index contributed by atoms with van der Waals surface area (Å²) in [5, 5.41) is 8.54. The van der Waals surface area contributed by atoms with Crippen molar-refractivity contribution in [3.05, 3.63) is 29.8 Å². The molecule has 1 saturated carbocycles. The first-order valence-electron chi connectivity index (χ1n) is 7.64. The second kappa shape index (κ2) is 6.46. The fraction of sp³-hybridized carbons (Fsp3) is 0.533. The molecular weight excluding hydrogens is 320 g/mol. The van der Waals surface area contributed by atoms with Gasteiger partial charge in [0, 0.05) is 19.1 Å². The first-order chi connectivity index (χ1) is 10.9. The van der Waals surface area contributed by atoms with E-state index in [2.05, 4.69) is 4.72 Å². The number of carboxylic acid groups (broad SMARTS) is 1. The molecule has 3 fully saturated rings. The number of nitrogens with zero attached hydrogens (tertiary/aromatic N) is 1. The number of fused-ring (bicyclic) bond motifs is 1. The van der Waals surface area contributed by atoms with Gasteiger partial charge in [0.2, 0.25) is 0 Å². The fourth-order valence-corrected chi connectivity index (χ4v) is 4.58. The van der Waals surface area contributed by atoms with Crippen LogP contribution in [0.4, 0.5) is 0 Å². The fourth-order valence-electron chi connectivity index (χ4n) is 3.09. The molecule has 0 amide bonds. The maximum atomic E-state index is 12.2. The minimum absolute atomic E-state index is 0.197. The summed E-state index contributed by atoms with van der Waals surface area (Å²) in [5.41, 5.74) is 0.959. The maximum absolute atomic E-state index is 12.2. The van der Waals surface area contributed by atoms with Crippen molar-refractivity contribution in [1.29, 1.82) is 0 Å². The average molecular weight is 340 g/mol. The van der Waals surface area contributed by atoms with E-state index in [1.54, 1.807) is 28.6 Å². The van der Waals surface area contributed by atoms with Crippen molar-refractivity contribution in [2.75, 3.05) is 19.7 Å². The Bertz CT molecular complexity index is 668. The summed E-state index contributed by atoms with van der Waals surface area (Å²) in [6, 6.07) is 7.17. The van der Waals surface area contributed by atoms with Crippen molar-refractivity contribution in [3.8, 4) is 5.75 Å². The Kier molecular flexibility index (Phi) is 4.56. The van der Waals surface area contributed by atoms with Gasteiger partial charge >= 0.3 is 5.97 Å². The standard InChI is InChI=1S/C15H20N2O5S/c18-15(19)10-22-14-3-1-11(2-4-14)5-6-16-23(20,21)17-9-12-7-13(17)8-12/h1-4,12-13,16H,5-10H2,(H,18,19). The van der Waals surface area contributed by atoms with Crippen LogP contribution < -0.4 is 9.46 Å². The van der Waals surface area contributed by atoms with E-state index in [0.717, 1.165) is 18.4 Å². The highest BCUT2D eigenvalue weighted by Gasteiger charge is 2.47. The molecule has 0 radical (unpaired) electrons. The van der Waals surface area contributed by atoms with Gasteiger partial charge in [-0.05, 0) is 42.9 Å². The number of carbonyl (C=O) groups is 1. The van der Waals surface area contributed by atoms with Gasteiger partial charge in [0.1, 0.15) is 5.75 Å². The van der Waals surface area contributed by atoms with E-state index in [1.165, 1.54) is 0 Å². The highest BCUT2D eigenvalue weighted by molar-refractivity contribution is 7.87. The van der Waals surface area contributed by atoms with Crippen LogP contribution in [0, 0.1) is 5.92 Å². The zero-order valence-corrected chi connectivity index (χ0v) is 13.5. The predicted octanol–water partition coefficient (Wildman–Crippen LogP) is 0.621. The summed E-state index contributed by atoms with van der Waals surface area (Å²) in [6.45, 7) is 0.609.